The summed E-state index contributed by atoms with van der Waals surface area (Å²) in [6.45, 7) is 9.18. The fourth-order valence-electron chi connectivity index (χ4n) is 6.64. The largest absolute Gasteiger partial charge is 0.390 e. The van der Waals surface area contributed by atoms with Gasteiger partial charge in [0.05, 0.1) is 18.6 Å². The lowest BCUT2D eigenvalue weighted by molar-refractivity contribution is -0.132. The van der Waals surface area contributed by atoms with E-state index in [1.165, 1.54) is 0 Å². The van der Waals surface area contributed by atoms with Crippen LogP contribution >= 0.6 is 0 Å². The lowest BCUT2D eigenvalue weighted by Gasteiger charge is -2.29. The summed E-state index contributed by atoms with van der Waals surface area (Å²) < 4.78 is 0. The second-order valence-electron chi connectivity index (χ2n) is 14.6. The van der Waals surface area contributed by atoms with Gasteiger partial charge in [-0.25, -0.2) is 0 Å². The number of nitrogens with two attached hydrogens (primary N) is 1. The van der Waals surface area contributed by atoms with E-state index in [2.05, 4.69) is 84.4 Å². The topological polar surface area (TPSA) is 134 Å². The van der Waals surface area contributed by atoms with Crippen molar-refractivity contribution in [3.8, 4) is 0 Å². The molecule has 0 aliphatic heterocycles. The number of carbonyl (C=O) groups excluding carboxylic acids is 3. The van der Waals surface area contributed by atoms with Crippen molar-refractivity contribution in [3.05, 3.63) is 96.1 Å². The van der Waals surface area contributed by atoms with Crippen molar-refractivity contribution in [1.29, 1.82) is 0 Å². The van der Waals surface area contributed by atoms with Gasteiger partial charge in [0.2, 0.25) is 17.7 Å². The van der Waals surface area contributed by atoms with Crippen LogP contribution in [-0.4, -0.2) is 54.1 Å². The number of aliphatic hydroxyl groups is 1. The molecule has 6 N–H and O–H groups in total. The number of aliphatic hydroxyl groups excluding tert-OH is 1. The van der Waals surface area contributed by atoms with Crippen LogP contribution in [0.15, 0.2) is 84.9 Å². The summed E-state index contributed by atoms with van der Waals surface area (Å²) >= 11 is 0. The smallest absolute Gasteiger partial charge is 0.242 e. The van der Waals surface area contributed by atoms with Gasteiger partial charge in [-0.15, -0.1) is 0 Å². The van der Waals surface area contributed by atoms with Crippen LogP contribution in [0.1, 0.15) is 77.3 Å². The summed E-state index contributed by atoms with van der Waals surface area (Å²) in [5.41, 5.74) is 7.93. The molecule has 5 unspecified atom stereocenters. The molecule has 4 rings (SSSR count). The van der Waals surface area contributed by atoms with Gasteiger partial charge in [0.25, 0.3) is 0 Å². The maximum atomic E-state index is 14.4. The molecule has 274 valence electrons. The molecule has 0 fully saturated rings. The van der Waals surface area contributed by atoms with E-state index in [1.54, 1.807) is 0 Å². The van der Waals surface area contributed by atoms with E-state index in [9.17, 15) is 19.5 Å². The minimum Gasteiger partial charge on any atom is -0.390 e. The van der Waals surface area contributed by atoms with Crippen LogP contribution in [0.5, 0.6) is 0 Å². The van der Waals surface area contributed by atoms with Crippen molar-refractivity contribution in [2.45, 2.75) is 97.2 Å². The van der Waals surface area contributed by atoms with Crippen LogP contribution in [-0.2, 0) is 27.2 Å². The molecule has 8 nitrogen and oxygen atoms in total. The maximum Gasteiger partial charge on any atom is 0.242 e. The van der Waals surface area contributed by atoms with E-state index < -0.39 is 24.1 Å². The predicted octanol–water partition coefficient (Wildman–Crippen LogP) is 6.45. The van der Waals surface area contributed by atoms with Crippen LogP contribution in [0.25, 0.3) is 21.5 Å². The first-order valence-corrected chi connectivity index (χ1v) is 18.8. The number of hydrogen-bond donors (Lipinski definition) is 5. The summed E-state index contributed by atoms with van der Waals surface area (Å²) in [6, 6.07) is 27.4. The van der Waals surface area contributed by atoms with Gasteiger partial charge in [0, 0.05) is 12.5 Å². The Kier molecular flexibility index (Phi) is 15.5. The molecule has 0 spiro atoms. The van der Waals surface area contributed by atoms with Gasteiger partial charge in [0.1, 0.15) is 6.04 Å². The average Bonchev–Trinajstić information content (AvgIpc) is 3.12. The van der Waals surface area contributed by atoms with Gasteiger partial charge in [-0.2, -0.15) is 0 Å². The molecule has 0 saturated carbocycles. The number of hydrogen-bond acceptors (Lipinski definition) is 5. The van der Waals surface area contributed by atoms with Gasteiger partial charge >= 0.3 is 0 Å². The molecule has 8 heteroatoms. The maximum absolute atomic E-state index is 14.4. The second kappa shape index (κ2) is 19.9. The van der Waals surface area contributed by atoms with Crippen LogP contribution < -0.4 is 21.7 Å². The Hall–Kier alpha value is -4.27. The van der Waals surface area contributed by atoms with E-state index in [0.717, 1.165) is 39.1 Å². The van der Waals surface area contributed by atoms with Gasteiger partial charge in [0.15, 0.2) is 0 Å². The van der Waals surface area contributed by atoms with Gasteiger partial charge in [-0.05, 0) is 89.6 Å². The normalized spacial score (nSPS) is 14.5. The third kappa shape index (κ3) is 12.2. The molecular weight excluding hydrogens is 636 g/mol. The highest BCUT2D eigenvalue weighted by Gasteiger charge is 2.30. The SMILES string of the molecule is CCC(C)CNC(=O)CC(O)C(CC(C)C)NC(=O)C(CCCCN)NC(=O)C(Cc1ccc2ccccc2c1)Cc1cccc2ccccc12. The lowest BCUT2D eigenvalue weighted by atomic mass is 9.88. The first-order valence-electron chi connectivity index (χ1n) is 18.8. The summed E-state index contributed by atoms with van der Waals surface area (Å²) in [7, 11) is 0. The zero-order valence-corrected chi connectivity index (χ0v) is 30.9. The van der Waals surface area contributed by atoms with Crippen molar-refractivity contribution in [3.63, 3.8) is 0 Å². The predicted molar refractivity (Wildman–Crippen MR) is 208 cm³/mol. The zero-order valence-electron chi connectivity index (χ0n) is 30.9. The second-order valence-corrected chi connectivity index (χ2v) is 14.6. The van der Waals surface area contributed by atoms with Crippen molar-refractivity contribution < 1.29 is 19.5 Å². The van der Waals surface area contributed by atoms with Crippen molar-refractivity contribution >= 4 is 39.3 Å². The van der Waals surface area contributed by atoms with E-state index >= 15 is 0 Å². The fourth-order valence-corrected chi connectivity index (χ4v) is 6.64. The summed E-state index contributed by atoms with van der Waals surface area (Å²) in [4.78, 5) is 41.1. The number of benzene rings is 4. The minimum absolute atomic E-state index is 0.114. The average molecular weight is 695 g/mol. The van der Waals surface area contributed by atoms with Crippen molar-refractivity contribution in [2.24, 2.45) is 23.5 Å². The minimum atomic E-state index is -1.07. The molecule has 0 heterocycles. The number of rotatable bonds is 20. The molecule has 4 aromatic rings. The number of nitrogens with one attached hydrogen (secondary N) is 3. The number of unbranched alkanes of at least 4 members (excludes halogenated alkanes) is 1. The molecule has 0 aliphatic rings. The quantitative estimate of drug-likeness (QED) is 0.0679. The standard InChI is InChI=1S/C43H58N4O4/c1-5-30(4)28-45-41(49)27-40(48)39(23-29(2)3)47-43(51)38(19-10-11-22-44)46-42(50)36(25-31-20-21-32-13-6-7-15-34(32)24-31)26-35-17-12-16-33-14-8-9-18-37(33)35/h6-9,12-18,20-21,24,29-30,36,38-40,48H,5,10-11,19,22-23,25-28,44H2,1-4H3,(H,45,49)(H,46,50)(H,47,51). The van der Waals surface area contributed by atoms with Gasteiger partial charge < -0.3 is 26.8 Å². The van der Waals surface area contributed by atoms with E-state index in [1.807, 2.05) is 44.2 Å². The monoisotopic (exact) mass is 694 g/mol. The van der Waals surface area contributed by atoms with Crippen LogP contribution in [0.4, 0.5) is 0 Å². The van der Waals surface area contributed by atoms with Crippen LogP contribution in [0, 0.1) is 17.8 Å². The molecule has 4 aromatic carbocycles. The number of carbonyl (C=O) groups is 3. The van der Waals surface area contributed by atoms with Crippen molar-refractivity contribution in [1.82, 2.24) is 16.0 Å². The highest BCUT2D eigenvalue weighted by Crippen LogP contribution is 2.25. The molecular formula is C43H58N4O4. The van der Waals surface area contributed by atoms with Crippen LogP contribution in [0.3, 0.4) is 0 Å². The molecule has 0 bridgehead atoms. The summed E-state index contributed by atoms with van der Waals surface area (Å²) in [5, 5.41) is 24.7. The summed E-state index contributed by atoms with van der Waals surface area (Å²) in [6.07, 6.45) is 3.02. The third-order valence-corrected chi connectivity index (χ3v) is 9.85. The first-order chi connectivity index (χ1) is 24.6. The number of fused-ring (bicyclic) bond motifs is 2. The van der Waals surface area contributed by atoms with E-state index in [4.69, 9.17) is 5.73 Å². The molecule has 0 saturated heterocycles. The Morgan fingerprint density at radius 2 is 1.49 bits per heavy atom. The van der Waals surface area contributed by atoms with E-state index in [-0.39, 0.29) is 30.1 Å². The van der Waals surface area contributed by atoms with Crippen molar-refractivity contribution in [2.75, 3.05) is 13.1 Å². The molecule has 0 aromatic heterocycles. The Bertz CT molecular complexity index is 1720. The first kappa shape index (κ1) is 39.5. The molecule has 0 radical (unpaired) electrons. The number of amides is 3. The fraction of sp³-hybridized carbons (Fsp3) is 0.465. The Labute approximate surface area is 304 Å². The Morgan fingerprint density at radius 1 is 0.784 bits per heavy atom. The summed E-state index contributed by atoms with van der Waals surface area (Å²) in [5.74, 6) is -0.767. The molecule has 3 amide bonds. The van der Waals surface area contributed by atoms with Gasteiger partial charge in [-0.1, -0.05) is 119 Å². The molecule has 5 atom stereocenters. The highest BCUT2D eigenvalue weighted by molar-refractivity contribution is 5.90. The molecule has 51 heavy (non-hydrogen) atoms. The van der Waals surface area contributed by atoms with Gasteiger partial charge in [-0.3, -0.25) is 14.4 Å². The molecule has 0 aliphatic carbocycles. The zero-order chi connectivity index (χ0) is 36.8. The Morgan fingerprint density at radius 3 is 2.22 bits per heavy atom. The Balaban J connectivity index is 1.57. The van der Waals surface area contributed by atoms with Crippen LogP contribution in [0.2, 0.25) is 0 Å². The lowest BCUT2D eigenvalue weighted by Crippen LogP contribution is -2.54. The highest BCUT2D eigenvalue weighted by atomic mass is 16.3. The van der Waals surface area contributed by atoms with E-state index in [0.29, 0.717) is 57.5 Å². The third-order valence-electron chi connectivity index (χ3n) is 9.85.